The zero-order valence-corrected chi connectivity index (χ0v) is 19.4. The quantitative estimate of drug-likeness (QED) is 0.338. The lowest BCUT2D eigenvalue weighted by atomic mass is 9.94. The van der Waals surface area contributed by atoms with Crippen molar-refractivity contribution in [1.29, 1.82) is 0 Å². The molecule has 1 aliphatic rings. The number of carbonyl (C=O) groups excluding carboxylic acids is 1. The van der Waals surface area contributed by atoms with Crippen LogP contribution >= 0.6 is 23.1 Å². The maximum absolute atomic E-state index is 14.1. The van der Waals surface area contributed by atoms with E-state index in [0.29, 0.717) is 28.3 Å². The summed E-state index contributed by atoms with van der Waals surface area (Å²) in [6.45, 7) is 1.83. The van der Waals surface area contributed by atoms with Crippen LogP contribution in [-0.2, 0) is 0 Å². The number of hydrogen-bond donors (Lipinski definition) is 1. The SMILES string of the molecule is CSc1cccc(N2C(=O)NC(c3cccc(F)c3)C(c3nc(-c4cccs4)no3)=C2C)c1. The fourth-order valence-corrected chi connectivity index (χ4v) is 4.96. The Morgan fingerprint density at radius 3 is 2.76 bits per heavy atom. The van der Waals surface area contributed by atoms with Gasteiger partial charge >= 0.3 is 6.03 Å². The van der Waals surface area contributed by atoms with Crippen LogP contribution in [0.5, 0.6) is 0 Å². The van der Waals surface area contributed by atoms with Gasteiger partial charge in [-0.05, 0) is 60.5 Å². The number of anilines is 1. The second-order valence-corrected chi connectivity index (χ2v) is 9.20. The van der Waals surface area contributed by atoms with Gasteiger partial charge in [0.15, 0.2) is 0 Å². The van der Waals surface area contributed by atoms with E-state index in [2.05, 4.69) is 15.5 Å². The highest BCUT2D eigenvalue weighted by Crippen LogP contribution is 2.40. The molecule has 5 rings (SSSR count). The van der Waals surface area contributed by atoms with Crippen LogP contribution in [0.25, 0.3) is 16.3 Å². The van der Waals surface area contributed by atoms with Crippen molar-refractivity contribution in [3.05, 3.63) is 89.0 Å². The van der Waals surface area contributed by atoms with Crippen molar-refractivity contribution in [2.75, 3.05) is 11.2 Å². The third-order valence-corrected chi connectivity index (χ3v) is 6.97. The molecule has 6 nitrogen and oxygen atoms in total. The van der Waals surface area contributed by atoms with Gasteiger partial charge in [0.05, 0.1) is 22.2 Å². The first kappa shape index (κ1) is 21.4. The normalized spacial score (nSPS) is 16.3. The van der Waals surface area contributed by atoms with Crippen LogP contribution in [-0.4, -0.2) is 22.4 Å². The molecule has 0 radical (unpaired) electrons. The Bertz CT molecular complexity index is 1350. The van der Waals surface area contributed by atoms with Crippen LogP contribution in [0.3, 0.4) is 0 Å². The molecule has 9 heteroatoms. The van der Waals surface area contributed by atoms with Gasteiger partial charge in [0.25, 0.3) is 5.89 Å². The Morgan fingerprint density at radius 1 is 1.15 bits per heavy atom. The fraction of sp³-hybridized carbons (Fsp3) is 0.125. The molecule has 1 N–H and O–H groups in total. The largest absolute Gasteiger partial charge is 0.334 e. The number of thioether (sulfide) groups is 1. The van der Waals surface area contributed by atoms with Gasteiger partial charge in [0.2, 0.25) is 5.82 Å². The number of nitrogens with one attached hydrogen (secondary N) is 1. The average Bonchev–Trinajstić information content (AvgIpc) is 3.51. The number of amides is 2. The first-order chi connectivity index (χ1) is 16.0. The van der Waals surface area contributed by atoms with Gasteiger partial charge < -0.3 is 9.84 Å². The molecule has 2 aromatic heterocycles. The second kappa shape index (κ2) is 8.84. The number of nitrogens with zero attached hydrogens (tertiary/aromatic N) is 3. The summed E-state index contributed by atoms with van der Waals surface area (Å²) in [7, 11) is 0. The van der Waals surface area contributed by atoms with Gasteiger partial charge in [-0.2, -0.15) is 4.98 Å². The minimum atomic E-state index is -0.648. The summed E-state index contributed by atoms with van der Waals surface area (Å²) >= 11 is 3.10. The zero-order chi connectivity index (χ0) is 22.9. The van der Waals surface area contributed by atoms with E-state index in [1.165, 1.54) is 23.5 Å². The van der Waals surface area contributed by atoms with Crippen LogP contribution in [0.15, 0.2) is 81.2 Å². The molecule has 1 atom stereocenters. The molecule has 0 aliphatic carbocycles. The van der Waals surface area contributed by atoms with E-state index in [1.54, 1.807) is 28.8 Å². The van der Waals surface area contributed by atoms with Gasteiger partial charge in [0, 0.05) is 10.6 Å². The molecule has 3 heterocycles. The number of hydrogen-bond acceptors (Lipinski definition) is 6. The highest BCUT2D eigenvalue weighted by atomic mass is 32.2. The molecular weight excluding hydrogens is 459 g/mol. The molecule has 2 aromatic carbocycles. The molecule has 0 saturated heterocycles. The minimum Gasteiger partial charge on any atom is -0.334 e. The predicted molar refractivity (Wildman–Crippen MR) is 129 cm³/mol. The number of carbonyl (C=O) groups is 1. The Kier molecular flexibility index (Phi) is 5.74. The molecule has 1 aliphatic heterocycles. The van der Waals surface area contributed by atoms with Gasteiger partial charge in [0.1, 0.15) is 5.82 Å². The Labute approximate surface area is 198 Å². The molecule has 0 spiro atoms. The first-order valence-electron chi connectivity index (χ1n) is 10.1. The molecule has 0 saturated carbocycles. The van der Waals surface area contributed by atoms with E-state index in [1.807, 2.05) is 55.0 Å². The number of allylic oxidation sites excluding steroid dienone is 1. The highest BCUT2D eigenvalue weighted by Gasteiger charge is 2.36. The van der Waals surface area contributed by atoms with Crippen molar-refractivity contribution >= 4 is 40.4 Å². The van der Waals surface area contributed by atoms with Crippen molar-refractivity contribution in [3.8, 4) is 10.7 Å². The van der Waals surface area contributed by atoms with Crippen molar-refractivity contribution in [1.82, 2.24) is 15.5 Å². The molecule has 166 valence electrons. The van der Waals surface area contributed by atoms with E-state index in [4.69, 9.17) is 4.52 Å². The summed E-state index contributed by atoms with van der Waals surface area (Å²) in [5.41, 5.74) is 2.55. The van der Waals surface area contributed by atoms with Crippen LogP contribution in [0.4, 0.5) is 14.9 Å². The van der Waals surface area contributed by atoms with Gasteiger partial charge in [-0.15, -0.1) is 23.1 Å². The molecule has 4 aromatic rings. The van der Waals surface area contributed by atoms with E-state index in [0.717, 1.165) is 9.77 Å². The molecule has 0 bridgehead atoms. The number of rotatable bonds is 5. The Morgan fingerprint density at radius 2 is 2.00 bits per heavy atom. The monoisotopic (exact) mass is 478 g/mol. The predicted octanol–water partition coefficient (Wildman–Crippen LogP) is 6.36. The highest BCUT2D eigenvalue weighted by molar-refractivity contribution is 7.98. The van der Waals surface area contributed by atoms with Gasteiger partial charge in [-0.25, -0.2) is 9.18 Å². The van der Waals surface area contributed by atoms with Crippen LogP contribution < -0.4 is 10.2 Å². The summed E-state index contributed by atoms with van der Waals surface area (Å²) in [6.07, 6.45) is 1.98. The third kappa shape index (κ3) is 4.05. The van der Waals surface area contributed by atoms with E-state index >= 15 is 0 Å². The summed E-state index contributed by atoms with van der Waals surface area (Å²) < 4.78 is 19.7. The smallest absolute Gasteiger partial charge is 0.326 e. The molecule has 2 amide bonds. The van der Waals surface area contributed by atoms with Crippen molar-refractivity contribution in [2.45, 2.75) is 17.9 Å². The minimum absolute atomic E-state index is 0.274. The number of thiophene rings is 1. The summed E-state index contributed by atoms with van der Waals surface area (Å²) in [5.74, 6) is 0.348. The topological polar surface area (TPSA) is 71.3 Å². The number of benzene rings is 2. The first-order valence-corrected chi connectivity index (χ1v) is 12.2. The molecule has 0 fully saturated rings. The number of urea groups is 1. The summed E-state index contributed by atoms with van der Waals surface area (Å²) in [5, 5.41) is 9.08. The zero-order valence-electron chi connectivity index (χ0n) is 17.8. The van der Waals surface area contributed by atoms with E-state index < -0.39 is 11.9 Å². The van der Waals surface area contributed by atoms with Crippen molar-refractivity contribution in [3.63, 3.8) is 0 Å². The fourth-order valence-electron chi connectivity index (χ4n) is 3.86. The maximum Gasteiger partial charge on any atom is 0.326 e. The molecule has 1 unspecified atom stereocenters. The third-order valence-electron chi connectivity index (χ3n) is 5.38. The van der Waals surface area contributed by atoms with Crippen molar-refractivity contribution in [2.24, 2.45) is 0 Å². The standard InChI is InChI=1S/C24H19FN4O2S2/c1-14-20(23-27-22(28-31-23)19-10-5-11-33-19)21(15-6-3-7-16(25)12-15)26-24(30)29(14)17-8-4-9-18(13-17)32-2/h3-13,21H,1-2H3,(H,26,30). The lowest BCUT2D eigenvalue weighted by molar-refractivity contribution is 0.244. The van der Waals surface area contributed by atoms with E-state index in [-0.39, 0.29) is 11.9 Å². The van der Waals surface area contributed by atoms with Crippen LogP contribution in [0, 0.1) is 5.82 Å². The lowest BCUT2D eigenvalue weighted by Crippen LogP contribution is -2.46. The second-order valence-electron chi connectivity index (χ2n) is 7.37. The summed E-state index contributed by atoms with van der Waals surface area (Å²) in [6, 6.07) is 16.7. The average molecular weight is 479 g/mol. The van der Waals surface area contributed by atoms with Gasteiger partial charge in [-0.1, -0.05) is 29.4 Å². The van der Waals surface area contributed by atoms with Crippen LogP contribution in [0.2, 0.25) is 0 Å². The van der Waals surface area contributed by atoms with Crippen molar-refractivity contribution < 1.29 is 13.7 Å². The van der Waals surface area contributed by atoms with Gasteiger partial charge in [-0.3, -0.25) is 4.90 Å². The lowest BCUT2D eigenvalue weighted by Gasteiger charge is -2.35. The van der Waals surface area contributed by atoms with Crippen LogP contribution in [0.1, 0.15) is 24.4 Å². The molecular formula is C24H19FN4O2S2. The Balaban J connectivity index is 1.67. The number of aromatic nitrogens is 2. The number of halogens is 1. The van der Waals surface area contributed by atoms with E-state index in [9.17, 15) is 9.18 Å². The Hall–Kier alpha value is -3.43. The summed E-state index contributed by atoms with van der Waals surface area (Å²) in [4.78, 5) is 21.3. The maximum atomic E-state index is 14.1. The molecule has 33 heavy (non-hydrogen) atoms.